The summed E-state index contributed by atoms with van der Waals surface area (Å²) in [6.45, 7) is 9.09. The number of hydrogen-bond donors (Lipinski definition) is 2. The molecule has 5 nitrogen and oxygen atoms in total. The van der Waals surface area contributed by atoms with Crippen LogP contribution in [0.1, 0.15) is 46.5 Å². The number of hydrogen-bond acceptors (Lipinski definition) is 3. The van der Waals surface area contributed by atoms with Crippen molar-refractivity contribution in [2.75, 3.05) is 26.2 Å². The van der Waals surface area contributed by atoms with Crippen LogP contribution >= 0.6 is 0 Å². The second-order valence-corrected chi connectivity index (χ2v) is 5.97. The first-order valence-electron chi connectivity index (χ1n) is 7.74. The molecule has 1 aliphatic heterocycles. The highest BCUT2D eigenvalue weighted by atomic mass is 16.2. The first kappa shape index (κ1) is 17.0. The molecule has 0 saturated carbocycles. The third-order valence-electron chi connectivity index (χ3n) is 3.73. The van der Waals surface area contributed by atoms with Gasteiger partial charge in [0.2, 0.25) is 11.8 Å². The van der Waals surface area contributed by atoms with Crippen molar-refractivity contribution in [2.24, 2.45) is 5.92 Å². The molecule has 0 unspecified atom stereocenters. The monoisotopic (exact) mass is 283 g/mol. The number of likely N-dealkylation sites (tertiary alicyclic amines) is 1. The Kier molecular flexibility index (Phi) is 7.59. The van der Waals surface area contributed by atoms with Crippen molar-refractivity contribution in [2.45, 2.75) is 52.5 Å². The zero-order valence-electron chi connectivity index (χ0n) is 13.1. The van der Waals surface area contributed by atoms with Crippen LogP contribution in [-0.4, -0.2) is 48.9 Å². The lowest BCUT2D eigenvalue weighted by atomic mass is 9.96. The van der Waals surface area contributed by atoms with Gasteiger partial charge in [-0.05, 0) is 31.7 Å². The maximum atomic E-state index is 12.0. The molecule has 0 aromatic heterocycles. The van der Waals surface area contributed by atoms with Gasteiger partial charge in [0.1, 0.15) is 0 Å². The van der Waals surface area contributed by atoms with Crippen LogP contribution in [0.25, 0.3) is 0 Å². The molecule has 5 heteroatoms. The standard InChI is InChI=1S/C15H29N3O2/c1-12(2)16-8-4-5-15(20)18-9-6-14(7-10-18)11-17-13(3)19/h12,14,16H,4-11H2,1-3H3,(H,17,19). The number of amides is 2. The van der Waals surface area contributed by atoms with Crippen LogP contribution in [0, 0.1) is 5.92 Å². The number of piperidine rings is 1. The van der Waals surface area contributed by atoms with Gasteiger partial charge in [-0.2, -0.15) is 0 Å². The highest BCUT2D eigenvalue weighted by Crippen LogP contribution is 2.17. The molecule has 2 N–H and O–H groups in total. The van der Waals surface area contributed by atoms with Crippen molar-refractivity contribution in [1.29, 1.82) is 0 Å². The average Bonchev–Trinajstić information content (AvgIpc) is 2.41. The Hall–Kier alpha value is -1.10. The molecule has 1 heterocycles. The van der Waals surface area contributed by atoms with Crippen LogP contribution in [0.15, 0.2) is 0 Å². The summed E-state index contributed by atoms with van der Waals surface area (Å²) < 4.78 is 0. The van der Waals surface area contributed by atoms with Gasteiger partial charge in [0.25, 0.3) is 0 Å². The van der Waals surface area contributed by atoms with E-state index in [1.165, 1.54) is 0 Å². The van der Waals surface area contributed by atoms with E-state index >= 15 is 0 Å². The fourth-order valence-corrected chi connectivity index (χ4v) is 2.46. The van der Waals surface area contributed by atoms with Gasteiger partial charge < -0.3 is 15.5 Å². The summed E-state index contributed by atoms with van der Waals surface area (Å²) in [6.07, 6.45) is 3.53. The Morgan fingerprint density at radius 2 is 1.90 bits per heavy atom. The lowest BCUT2D eigenvalue weighted by Gasteiger charge is -2.32. The highest BCUT2D eigenvalue weighted by molar-refractivity contribution is 5.76. The van der Waals surface area contributed by atoms with Crippen molar-refractivity contribution in [3.05, 3.63) is 0 Å². The largest absolute Gasteiger partial charge is 0.356 e. The molecular formula is C15H29N3O2. The van der Waals surface area contributed by atoms with E-state index in [0.29, 0.717) is 18.4 Å². The topological polar surface area (TPSA) is 61.4 Å². The molecule has 0 aromatic rings. The van der Waals surface area contributed by atoms with E-state index in [9.17, 15) is 9.59 Å². The summed E-state index contributed by atoms with van der Waals surface area (Å²) in [7, 11) is 0. The van der Waals surface area contributed by atoms with Gasteiger partial charge in [0.05, 0.1) is 0 Å². The Morgan fingerprint density at radius 1 is 1.25 bits per heavy atom. The second kappa shape index (κ2) is 8.95. The molecule has 1 fully saturated rings. The molecule has 0 bridgehead atoms. The lowest BCUT2D eigenvalue weighted by Crippen LogP contribution is -2.41. The fraction of sp³-hybridized carbons (Fsp3) is 0.867. The van der Waals surface area contributed by atoms with E-state index in [1.54, 1.807) is 6.92 Å². The molecule has 1 saturated heterocycles. The van der Waals surface area contributed by atoms with Gasteiger partial charge in [-0.25, -0.2) is 0 Å². The number of carbonyl (C=O) groups is 2. The molecule has 1 aliphatic rings. The van der Waals surface area contributed by atoms with Crippen LogP contribution in [0.5, 0.6) is 0 Å². The van der Waals surface area contributed by atoms with Crippen molar-refractivity contribution in [3.8, 4) is 0 Å². The first-order valence-corrected chi connectivity index (χ1v) is 7.74. The number of rotatable bonds is 7. The Bertz CT molecular complexity index is 310. The molecule has 0 spiro atoms. The minimum atomic E-state index is 0.0289. The highest BCUT2D eigenvalue weighted by Gasteiger charge is 2.22. The minimum absolute atomic E-state index is 0.0289. The van der Waals surface area contributed by atoms with Gasteiger partial charge >= 0.3 is 0 Å². The summed E-state index contributed by atoms with van der Waals surface area (Å²) >= 11 is 0. The van der Waals surface area contributed by atoms with Gasteiger partial charge in [-0.3, -0.25) is 9.59 Å². The quantitative estimate of drug-likeness (QED) is 0.689. The van der Waals surface area contributed by atoms with Gasteiger partial charge in [0, 0.05) is 39.0 Å². The summed E-state index contributed by atoms with van der Waals surface area (Å²) in [5.74, 6) is 0.820. The smallest absolute Gasteiger partial charge is 0.222 e. The summed E-state index contributed by atoms with van der Waals surface area (Å²) in [4.78, 5) is 24.9. The van der Waals surface area contributed by atoms with Gasteiger partial charge in [-0.15, -0.1) is 0 Å². The first-order chi connectivity index (χ1) is 9.49. The summed E-state index contributed by atoms with van der Waals surface area (Å²) in [6, 6.07) is 0.481. The molecule has 0 radical (unpaired) electrons. The van der Waals surface area contributed by atoms with Gasteiger partial charge in [0.15, 0.2) is 0 Å². The summed E-state index contributed by atoms with van der Waals surface area (Å²) in [5, 5.41) is 6.19. The van der Waals surface area contributed by atoms with E-state index < -0.39 is 0 Å². The number of nitrogens with zero attached hydrogens (tertiary/aromatic N) is 1. The lowest BCUT2D eigenvalue weighted by molar-refractivity contribution is -0.132. The number of carbonyl (C=O) groups excluding carboxylic acids is 2. The second-order valence-electron chi connectivity index (χ2n) is 5.97. The summed E-state index contributed by atoms with van der Waals surface area (Å²) in [5.41, 5.74) is 0. The van der Waals surface area contributed by atoms with E-state index in [0.717, 1.165) is 45.4 Å². The van der Waals surface area contributed by atoms with Crippen LogP contribution in [0.3, 0.4) is 0 Å². The van der Waals surface area contributed by atoms with Crippen molar-refractivity contribution >= 4 is 11.8 Å². The Balaban J connectivity index is 2.14. The van der Waals surface area contributed by atoms with E-state index in [4.69, 9.17) is 0 Å². The fourth-order valence-electron chi connectivity index (χ4n) is 2.46. The average molecular weight is 283 g/mol. The molecule has 20 heavy (non-hydrogen) atoms. The zero-order valence-corrected chi connectivity index (χ0v) is 13.1. The molecule has 2 amide bonds. The maximum absolute atomic E-state index is 12.0. The molecule has 116 valence electrons. The third kappa shape index (κ3) is 6.89. The Morgan fingerprint density at radius 3 is 2.45 bits per heavy atom. The predicted octanol–water partition coefficient (Wildman–Crippen LogP) is 1.14. The van der Waals surface area contributed by atoms with Crippen LogP contribution in [-0.2, 0) is 9.59 Å². The normalized spacial score (nSPS) is 16.5. The number of nitrogens with one attached hydrogen (secondary N) is 2. The van der Waals surface area contributed by atoms with Crippen LogP contribution < -0.4 is 10.6 Å². The third-order valence-corrected chi connectivity index (χ3v) is 3.73. The van der Waals surface area contributed by atoms with Crippen molar-refractivity contribution < 1.29 is 9.59 Å². The van der Waals surface area contributed by atoms with E-state index in [-0.39, 0.29) is 11.8 Å². The molecule has 1 rings (SSSR count). The Labute approximate surface area is 122 Å². The maximum Gasteiger partial charge on any atom is 0.222 e. The molecule has 0 atom stereocenters. The van der Waals surface area contributed by atoms with Crippen molar-refractivity contribution in [1.82, 2.24) is 15.5 Å². The van der Waals surface area contributed by atoms with E-state index in [2.05, 4.69) is 24.5 Å². The van der Waals surface area contributed by atoms with E-state index in [1.807, 2.05) is 4.90 Å². The van der Waals surface area contributed by atoms with Crippen LogP contribution in [0.2, 0.25) is 0 Å². The molecule has 0 aliphatic carbocycles. The SMILES string of the molecule is CC(=O)NCC1CCN(C(=O)CCCNC(C)C)CC1. The molecular weight excluding hydrogens is 254 g/mol. The molecule has 0 aromatic carbocycles. The van der Waals surface area contributed by atoms with Gasteiger partial charge in [-0.1, -0.05) is 13.8 Å². The van der Waals surface area contributed by atoms with Crippen LogP contribution in [0.4, 0.5) is 0 Å². The zero-order chi connectivity index (χ0) is 15.0. The van der Waals surface area contributed by atoms with Crippen molar-refractivity contribution in [3.63, 3.8) is 0 Å². The predicted molar refractivity (Wildman–Crippen MR) is 80.4 cm³/mol. The minimum Gasteiger partial charge on any atom is -0.356 e.